The van der Waals surface area contributed by atoms with Gasteiger partial charge in [0.25, 0.3) is 5.91 Å². The third-order valence-corrected chi connectivity index (χ3v) is 5.16. The lowest BCUT2D eigenvalue weighted by Crippen LogP contribution is -2.49. The summed E-state index contributed by atoms with van der Waals surface area (Å²) in [6.07, 6.45) is 5.21. The Labute approximate surface area is 146 Å². The molecule has 1 aliphatic heterocycles. The van der Waals surface area contributed by atoms with Crippen LogP contribution in [0.15, 0.2) is 34.9 Å². The minimum absolute atomic E-state index is 0.108. The topological polar surface area (TPSA) is 64.8 Å². The summed E-state index contributed by atoms with van der Waals surface area (Å²) in [4.78, 5) is 14.8. The van der Waals surface area contributed by atoms with Gasteiger partial charge in [0.15, 0.2) is 11.5 Å². The fraction of sp³-hybridized carbons (Fsp3) is 0.474. The number of hydrogen-bond donors (Lipinski definition) is 0. The molecule has 1 aromatic heterocycles. The summed E-state index contributed by atoms with van der Waals surface area (Å²) in [7, 11) is 1.62. The minimum Gasteiger partial charge on any atom is -0.497 e. The second-order valence-electron chi connectivity index (χ2n) is 6.62. The monoisotopic (exact) mass is 342 g/mol. The lowest BCUT2D eigenvalue weighted by Gasteiger charge is -2.39. The summed E-state index contributed by atoms with van der Waals surface area (Å²) in [5.41, 5.74) is 0.757. The first-order chi connectivity index (χ1) is 12.2. The Balaban J connectivity index is 1.55. The van der Waals surface area contributed by atoms with Crippen LogP contribution in [0, 0.1) is 0 Å². The number of benzene rings is 1. The number of rotatable bonds is 3. The molecule has 0 N–H and O–H groups in total. The molecule has 1 amide bonds. The van der Waals surface area contributed by atoms with Crippen molar-refractivity contribution in [2.75, 3.05) is 20.3 Å². The summed E-state index contributed by atoms with van der Waals surface area (Å²) >= 11 is 0. The van der Waals surface area contributed by atoms with Gasteiger partial charge in [-0.2, -0.15) is 0 Å². The molecule has 1 spiro atoms. The van der Waals surface area contributed by atoms with E-state index in [4.69, 9.17) is 14.0 Å². The molecule has 0 unspecified atom stereocenters. The zero-order valence-electron chi connectivity index (χ0n) is 14.4. The summed E-state index contributed by atoms with van der Waals surface area (Å²) in [5, 5.41) is 4.00. The molecule has 1 saturated heterocycles. The predicted molar refractivity (Wildman–Crippen MR) is 91.3 cm³/mol. The first-order valence-corrected chi connectivity index (χ1v) is 8.79. The highest BCUT2D eigenvalue weighted by Crippen LogP contribution is 2.38. The molecule has 1 aliphatic carbocycles. The van der Waals surface area contributed by atoms with Crippen molar-refractivity contribution < 1.29 is 18.8 Å². The Hall–Kier alpha value is -2.34. The Morgan fingerprint density at radius 1 is 1.20 bits per heavy atom. The fourth-order valence-corrected chi connectivity index (χ4v) is 3.82. The molecule has 4 rings (SSSR count). The number of carbonyl (C=O) groups excluding carboxylic acids is 1. The smallest absolute Gasteiger partial charge is 0.278 e. The van der Waals surface area contributed by atoms with Gasteiger partial charge < -0.3 is 18.9 Å². The lowest BCUT2D eigenvalue weighted by atomic mass is 9.90. The number of amides is 1. The highest BCUT2D eigenvalue weighted by molar-refractivity contribution is 5.93. The average molecular weight is 342 g/mol. The van der Waals surface area contributed by atoms with Crippen LogP contribution in [-0.2, 0) is 4.74 Å². The van der Waals surface area contributed by atoms with Gasteiger partial charge >= 0.3 is 0 Å². The molecule has 6 heteroatoms. The Morgan fingerprint density at radius 3 is 2.68 bits per heavy atom. The van der Waals surface area contributed by atoms with E-state index >= 15 is 0 Å². The van der Waals surface area contributed by atoms with E-state index in [-0.39, 0.29) is 5.91 Å². The molecular weight excluding hydrogens is 320 g/mol. The summed E-state index contributed by atoms with van der Waals surface area (Å²) in [6, 6.07) is 9.18. The third-order valence-electron chi connectivity index (χ3n) is 5.16. The van der Waals surface area contributed by atoms with Crippen LogP contribution in [0.4, 0.5) is 0 Å². The van der Waals surface area contributed by atoms with Crippen LogP contribution in [0.2, 0.25) is 0 Å². The summed E-state index contributed by atoms with van der Waals surface area (Å²) in [5.74, 6) is 1.24. The van der Waals surface area contributed by atoms with E-state index in [2.05, 4.69) is 5.16 Å². The number of carbonyl (C=O) groups is 1. The largest absolute Gasteiger partial charge is 0.497 e. The maximum Gasteiger partial charge on any atom is 0.278 e. The van der Waals surface area contributed by atoms with E-state index in [1.165, 1.54) is 6.42 Å². The van der Waals surface area contributed by atoms with Gasteiger partial charge in [-0.25, -0.2) is 0 Å². The highest BCUT2D eigenvalue weighted by atomic mass is 16.5. The minimum atomic E-state index is -0.436. The Morgan fingerprint density at radius 2 is 1.96 bits per heavy atom. The first-order valence-electron chi connectivity index (χ1n) is 8.79. The Bertz CT molecular complexity index is 747. The molecule has 6 nitrogen and oxygen atoms in total. The maximum atomic E-state index is 13.0. The molecule has 2 aromatic rings. The quantitative estimate of drug-likeness (QED) is 0.854. The van der Waals surface area contributed by atoms with Crippen LogP contribution in [-0.4, -0.2) is 42.0 Å². The molecule has 1 saturated carbocycles. The van der Waals surface area contributed by atoms with Gasteiger partial charge in [0.1, 0.15) is 11.5 Å². The van der Waals surface area contributed by atoms with Crippen LogP contribution >= 0.6 is 0 Å². The van der Waals surface area contributed by atoms with Crippen LogP contribution in [0.3, 0.4) is 0 Å². The van der Waals surface area contributed by atoms with E-state index in [9.17, 15) is 4.79 Å². The molecule has 0 bridgehead atoms. The summed E-state index contributed by atoms with van der Waals surface area (Å²) in [6.45, 7) is 1.21. The van der Waals surface area contributed by atoms with Gasteiger partial charge in [-0.15, -0.1) is 0 Å². The molecule has 132 valence electrons. The SMILES string of the molecule is COc1ccc(-c2cc(C(=O)N3CCOC34CCCCC4)no2)cc1. The van der Waals surface area contributed by atoms with Crippen molar-refractivity contribution in [2.45, 2.75) is 37.8 Å². The molecule has 1 aromatic carbocycles. The first kappa shape index (κ1) is 16.1. The average Bonchev–Trinajstić information content (AvgIpc) is 3.30. The van der Waals surface area contributed by atoms with Gasteiger partial charge in [0, 0.05) is 18.2 Å². The predicted octanol–water partition coefficient (Wildman–Crippen LogP) is 3.48. The lowest BCUT2D eigenvalue weighted by molar-refractivity contribution is -0.0921. The third kappa shape index (κ3) is 2.91. The van der Waals surface area contributed by atoms with Crippen molar-refractivity contribution in [3.8, 4) is 17.1 Å². The van der Waals surface area contributed by atoms with Gasteiger partial charge in [-0.3, -0.25) is 4.79 Å². The zero-order chi connectivity index (χ0) is 17.3. The molecular formula is C19H22N2O4. The van der Waals surface area contributed by atoms with Gasteiger partial charge in [-0.1, -0.05) is 11.6 Å². The number of ether oxygens (including phenoxy) is 2. The fourth-order valence-electron chi connectivity index (χ4n) is 3.82. The van der Waals surface area contributed by atoms with Crippen LogP contribution in [0.5, 0.6) is 5.75 Å². The van der Waals surface area contributed by atoms with Crippen molar-refractivity contribution in [2.24, 2.45) is 0 Å². The van der Waals surface area contributed by atoms with Crippen LogP contribution in [0.25, 0.3) is 11.3 Å². The molecule has 2 fully saturated rings. The zero-order valence-corrected chi connectivity index (χ0v) is 14.4. The van der Waals surface area contributed by atoms with Gasteiger partial charge in [-0.05, 0) is 49.9 Å². The van der Waals surface area contributed by atoms with Crippen molar-refractivity contribution in [1.82, 2.24) is 10.1 Å². The highest BCUT2D eigenvalue weighted by Gasteiger charge is 2.46. The summed E-state index contributed by atoms with van der Waals surface area (Å²) < 4.78 is 16.5. The van der Waals surface area contributed by atoms with Gasteiger partial charge in [0.05, 0.1) is 13.7 Å². The molecule has 2 aliphatic rings. The molecule has 0 atom stereocenters. The van der Waals surface area contributed by atoms with Crippen LogP contribution < -0.4 is 4.74 Å². The number of methoxy groups -OCH3 is 1. The number of hydrogen-bond acceptors (Lipinski definition) is 5. The van der Waals surface area contributed by atoms with E-state index in [0.717, 1.165) is 37.0 Å². The normalized spacial score (nSPS) is 19.3. The van der Waals surface area contributed by atoms with Crippen molar-refractivity contribution in [3.05, 3.63) is 36.0 Å². The molecule has 2 heterocycles. The van der Waals surface area contributed by atoms with Crippen molar-refractivity contribution in [3.63, 3.8) is 0 Å². The van der Waals surface area contributed by atoms with Crippen LogP contribution in [0.1, 0.15) is 42.6 Å². The van der Waals surface area contributed by atoms with Crippen molar-refractivity contribution >= 4 is 5.91 Å². The van der Waals surface area contributed by atoms with Crippen molar-refractivity contribution in [1.29, 1.82) is 0 Å². The van der Waals surface area contributed by atoms with E-state index in [1.54, 1.807) is 13.2 Å². The second-order valence-corrected chi connectivity index (χ2v) is 6.62. The number of aromatic nitrogens is 1. The maximum absolute atomic E-state index is 13.0. The molecule has 25 heavy (non-hydrogen) atoms. The molecule has 0 radical (unpaired) electrons. The van der Waals surface area contributed by atoms with E-state index in [0.29, 0.717) is 24.6 Å². The van der Waals surface area contributed by atoms with E-state index in [1.807, 2.05) is 29.2 Å². The standard InChI is InChI=1S/C19H22N2O4/c1-23-15-7-5-14(6-8-15)17-13-16(20-25-17)18(22)21-11-12-24-19(21)9-3-2-4-10-19/h5-8,13H,2-4,9-12H2,1H3. The number of nitrogens with zero attached hydrogens (tertiary/aromatic N) is 2. The Kier molecular flexibility index (Phi) is 4.21. The van der Waals surface area contributed by atoms with E-state index < -0.39 is 5.72 Å². The second kappa shape index (κ2) is 6.52. The van der Waals surface area contributed by atoms with Gasteiger partial charge in [0.2, 0.25) is 0 Å².